The minimum Gasteiger partial charge on any atom is -0.455 e. The zero-order valence-corrected chi connectivity index (χ0v) is 23.6. The van der Waals surface area contributed by atoms with E-state index >= 15 is 0 Å². The van der Waals surface area contributed by atoms with Gasteiger partial charge in [-0.1, -0.05) is 97.1 Å². The Bertz CT molecular complexity index is 2440. The van der Waals surface area contributed by atoms with Gasteiger partial charge in [-0.05, 0) is 64.2 Å². The standard InChI is InChI=1S/C38H22OS2/c1-3-16-33-29(12-1)30-15-7-14-28(37(30)39-33)27-11-6-10-25(21-27)23-8-5-9-24(20-23)26-18-19-35-32(22-26)36-31-13-2-4-17-34(31)40-38(36)41-35/h1-22H. The molecule has 6 aromatic carbocycles. The summed E-state index contributed by atoms with van der Waals surface area (Å²) in [4.78, 5) is 0. The molecule has 3 heterocycles. The number of hydrogen-bond donors (Lipinski definition) is 0. The van der Waals surface area contributed by atoms with Crippen molar-refractivity contribution in [3.05, 3.63) is 133 Å². The number of thiophene rings is 2. The van der Waals surface area contributed by atoms with Gasteiger partial charge in [0.1, 0.15) is 11.2 Å². The molecule has 0 bridgehead atoms. The molecular formula is C38H22OS2. The van der Waals surface area contributed by atoms with Crippen LogP contribution in [0, 0.1) is 0 Å². The van der Waals surface area contributed by atoms with Crippen molar-refractivity contribution in [3.63, 3.8) is 0 Å². The number of benzene rings is 6. The summed E-state index contributed by atoms with van der Waals surface area (Å²) in [6.07, 6.45) is 0. The summed E-state index contributed by atoms with van der Waals surface area (Å²) in [5, 5.41) is 6.42. The molecule has 0 aliphatic rings. The molecule has 0 saturated heterocycles. The highest BCUT2D eigenvalue weighted by Gasteiger charge is 2.14. The Kier molecular flexibility index (Phi) is 5.00. The van der Waals surface area contributed by atoms with Gasteiger partial charge in [0.2, 0.25) is 0 Å². The van der Waals surface area contributed by atoms with Gasteiger partial charge in [-0.25, -0.2) is 0 Å². The van der Waals surface area contributed by atoms with Crippen LogP contribution in [0.15, 0.2) is 138 Å². The second-order valence-corrected chi connectivity index (χ2v) is 12.9. The summed E-state index contributed by atoms with van der Waals surface area (Å²) < 4.78 is 10.5. The van der Waals surface area contributed by atoms with E-state index in [4.69, 9.17) is 4.42 Å². The second-order valence-electron chi connectivity index (χ2n) is 10.5. The van der Waals surface area contributed by atoms with Crippen LogP contribution in [0.25, 0.3) is 84.9 Å². The highest BCUT2D eigenvalue weighted by molar-refractivity contribution is 7.44. The molecule has 41 heavy (non-hydrogen) atoms. The van der Waals surface area contributed by atoms with Gasteiger partial charge in [0.25, 0.3) is 0 Å². The first-order chi connectivity index (χ1) is 20.3. The summed E-state index contributed by atoms with van der Waals surface area (Å²) in [5.41, 5.74) is 9.02. The van der Waals surface area contributed by atoms with Crippen molar-refractivity contribution >= 4 is 74.2 Å². The highest BCUT2D eigenvalue weighted by Crippen LogP contribution is 2.45. The van der Waals surface area contributed by atoms with Gasteiger partial charge < -0.3 is 4.42 Å². The molecule has 0 radical (unpaired) electrons. The van der Waals surface area contributed by atoms with Crippen molar-refractivity contribution in [1.29, 1.82) is 0 Å². The van der Waals surface area contributed by atoms with Crippen LogP contribution in [0.4, 0.5) is 0 Å². The van der Waals surface area contributed by atoms with Crippen LogP contribution in [-0.2, 0) is 0 Å². The summed E-state index contributed by atoms with van der Waals surface area (Å²) in [5.74, 6) is 0. The lowest BCUT2D eigenvalue weighted by Gasteiger charge is -2.09. The third kappa shape index (κ3) is 3.60. The highest BCUT2D eigenvalue weighted by atomic mass is 32.2. The third-order valence-electron chi connectivity index (χ3n) is 8.12. The maximum absolute atomic E-state index is 6.34. The molecule has 0 saturated carbocycles. The van der Waals surface area contributed by atoms with Gasteiger partial charge in [-0.3, -0.25) is 0 Å². The van der Waals surface area contributed by atoms with Crippen LogP contribution in [-0.4, -0.2) is 0 Å². The predicted molar refractivity (Wildman–Crippen MR) is 178 cm³/mol. The number of fused-ring (bicyclic) bond motifs is 8. The fourth-order valence-corrected chi connectivity index (χ4v) is 8.75. The molecule has 0 fully saturated rings. The lowest BCUT2D eigenvalue weighted by atomic mass is 9.95. The molecule has 3 aromatic heterocycles. The van der Waals surface area contributed by atoms with Crippen molar-refractivity contribution in [2.75, 3.05) is 0 Å². The molecule has 0 aliphatic heterocycles. The third-order valence-corrected chi connectivity index (χ3v) is 10.6. The molecule has 0 unspecified atom stereocenters. The molecule has 0 spiro atoms. The van der Waals surface area contributed by atoms with E-state index < -0.39 is 0 Å². The number of para-hydroxylation sites is 2. The summed E-state index contributed by atoms with van der Waals surface area (Å²) in [6, 6.07) is 48.1. The van der Waals surface area contributed by atoms with E-state index in [9.17, 15) is 0 Å². The van der Waals surface area contributed by atoms with Gasteiger partial charge in [0.05, 0.1) is 4.01 Å². The van der Waals surface area contributed by atoms with Gasteiger partial charge in [-0.2, -0.15) is 0 Å². The Morgan fingerprint density at radius 2 is 1.02 bits per heavy atom. The van der Waals surface area contributed by atoms with E-state index in [-0.39, 0.29) is 0 Å². The van der Waals surface area contributed by atoms with E-state index in [0.717, 1.165) is 33.1 Å². The largest absolute Gasteiger partial charge is 0.455 e. The normalized spacial score (nSPS) is 11.9. The zero-order chi connectivity index (χ0) is 26.9. The lowest BCUT2D eigenvalue weighted by Crippen LogP contribution is -1.84. The minimum absolute atomic E-state index is 0.925. The summed E-state index contributed by atoms with van der Waals surface area (Å²) in [6.45, 7) is 0. The molecule has 0 N–H and O–H groups in total. The predicted octanol–water partition coefficient (Wildman–Crippen LogP) is 12.2. The molecular weight excluding hydrogens is 537 g/mol. The number of hydrogen-bond acceptors (Lipinski definition) is 3. The van der Waals surface area contributed by atoms with Gasteiger partial charge in [0, 0.05) is 41.9 Å². The second kappa shape index (κ2) is 8.90. The fraction of sp³-hybridized carbons (Fsp3) is 0. The van der Waals surface area contributed by atoms with Crippen molar-refractivity contribution in [1.82, 2.24) is 0 Å². The van der Waals surface area contributed by atoms with Crippen molar-refractivity contribution in [2.45, 2.75) is 0 Å². The Balaban J connectivity index is 1.15. The molecule has 0 atom stereocenters. The van der Waals surface area contributed by atoms with E-state index in [0.29, 0.717) is 0 Å². The Labute approximate surface area is 244 Å². The van der Waals surface area contributed by atoms with E-state index in [2.05, 4.69) is 121 Å². The van der Waals surface area contributed by atoms with E-state index in [1.165, 1.54) is 51.8 Å². The van der Waals surface area contributed by atoms with Gasteiger partial charge in [0.15, 0.2) is 0 Å². The monoisotopic (exact) mass is 558 g/mol. The molecule has 9 aromatic rings. The molecule has 0 aliphatic carbocycles. The van der Waals surface area contributed by atoms with Crippen LogP contribution in [0.2, 0.25) is 0 Å². The van der Waals surface area contributed by atoms with Crippen LogP contribution in [0.1, 0.15) is 0 Å². The first-order valence-corrected chi connectivity index (χ1v) is 15.4. The van der Waals surface area contributed by atoms with Crippen LogP contribution in [0.3, 0.4) is 0 Å². The van der Waals surface area contributed by atoms with Crippen LogP contribution < -0.4 is 0 Å². The number of rotatable bonds is 3. The summed E-state index contributed by atoms with van der Waals surface area (Å²) >= 11 is 3.81. The topological polar surface area (TPSA) is 13.1 Å². The molecule has 3 heteroatoms. The smallest absolute Gasteiger partial charge is 0.143 e. The zero-order valence-electron chi connectivity index (χ0n) is 21.9. The average molecular weight is 559 g/mol. The van der Waals surface area contributed by atoms with E-state index in [1.54, 1.807) is 0 Å². The van der Waals surface area contributed by atoms with Gasteiger partial charge in [-0.15, -0.1) is 22.7 Å². The van der Waals surface area contributed by atoms with E-state index in [1.807, 2.05) is 34.8 Å². The average Bonchev–Trinajstić information content (AvgIpc) is 3.70. The number of furan rings is 1. The Morgan fingerprint density at radius 3 is 1.85 bits per heavy atom. The van der Waals surface area contributed by atoms with Gasteiger partial charge >= 0.3 is 0 Å². The van der Waals surface area contributed by atoms with Crippen molar-refractivity contribution in [3.8, 4) is 33.4 Å². The first kappa shape index (κ1) is 23.0. The first-order valence-electron chi connectivity index (χ1n) is 13.8. The molecule has 0 amide bonds. The maximum atomic E-state index is 6.34. The lowest BCUT2D eigenvalue weighted by molar-refractivity contribution is 0.670. The minimum atomic E-state index is 0.925. The van der Waals surface area contributed by atoms with Crippen LogP contribution in [0.5, 0.6) is 0 Å². The van der Waals surface area contributed by atoms with Crippen molar-refractivity contribution < 1.29 is 4.42 Å². The Hall–Kier alpha value is -4.70. The van der Waals surface area contributed by atoms with Crippen LogP contribution >= 0.6 is 22.7 Å². The quantitative estimate of drug-likeness (QED) is 0.210. The summed E-state index contributed by atoms with van der Waals surface area (Å²) in [7, 11) is 0. The maximum Gasteiger partial charge on any atom is 0.143 e. The Morgan fingerprint density at radius 1 is 0.415 bits per heavy atom. The molecule has 9 rings (SSSR count). The molecule has 192 valence electrons. The SMILES string of the molecule is c1cc(-c2cccc(-c3cccc4c3oc3ccccc34)c2)cc(-c2ccc3sc4sc5ccccc5c4c3c2)c1. The van der Waals surface area contributed by atoms with Crippen molar-refractivity contribution in [2.24, 2.45) is 0 Å². The fourth-order valence-electron chi connectivity index (χ4n) is 6.16. The molecule has 1 nitrogen and oxygen atoms in total.